The molecule has 3 heterocycles. The van der Waals surface area contributed by atoms with Gasteiger partial charge in [0.1, 0.15) is 5.52 Å². The molecule has 1 N–H and O–H groups in total. The molecule has 2 atom stereocenters. The van der Waals surface area contributed by atoms with Crippen LogP contribution in [0, 0.1) is 12.8 Å². The molecule has 168 valence electrons. The van der Waals surface area contributed by atoms with Gasteiger partial charge in [0, 0.05) is 31.0 Å². The van der Waals surface area contributed by atoms with Gasteiger partial charge in [-0.3, -0.25) is 4.79 Å². The largest absolute Gasteiger partial charge is 0.424 e. The van der Waals surface area contributed by atoms with Crippen LogP contribution < -0.4 is 5.32 Å². The van der Waals surface area contributed by atoms with Crippen molar-refractivity contribution in [2.45, 2.75) is 32.7 Å². The van der Waals surface area contributed by atoms with E-state index in [-0.39, 0.29) is 11.9 Å². The van der Waals surface area contributed by atoms with Crippen molar-refractivity contribution in [3.63, 3.8) is 0 Å². The number of aryl methyl sites for hydroxylation is 1. The van der Waals surface area contributed by atoms with E-state index in [1.54, 1.807) is 18.5 Å². The van der Waals surface area contributed by atoms with Crippen LogP contribution in [0.2, 0.25) is 0 Å². The maximum absolute atomic E-state index is 13.9. The molecule has 7 nitrogen and oxygen atoms in total. The summed E-state index contributed by atoms with van der Waals surface area (Å²) in [5.74, 6) is 0.921. The van der Waals surface area contributed by atoms with Crippen LogP contribution >= 0.6 is 0 Å². The summed E-state index contributed by atoms with van der Waals surface area (Å²) < 4.78 is 5.83. The Morgan fingerprint density at radius 3 is 2.79 bits per heavy atom. The highest BCUT2D eigenvalue weighted by Gasteiger charge is 2.33. The molecule has 33 heavy (non-hydrogen) atoms. The number of oxazole rings is 1. The normalized spacial score (nSPS) is 18.4. The molecule has 1 saturated heterocycles. The molecule has 0 bridgehead atoms. The number of benzene rings is 2. The van der Waals surface area contributed by atoms with Gasteiger partial charge in [0.25, 0.3) is 11.9 Å². The van der Waals surface area contributed by atoms with Gasteiger partial charge in [-0.1, -0.05) is 36.8 Å². The minimum Gasteiger partial charge on any atom is -0.424 e. The maximum atomic E-state index is 13.9. The molecular weight excluding hydrogens is 414 g/mol. The molecule has 5 rings (SSSR count). The van der Waals surface area contributed by atoms with E-state index in [2.05, 4.69) is 27.2 Å². The third-order valence-corrected chi connectivity index (χ3v) is 6.34. The lowest BCUT2D eigenvalue weighted by Crippen LogP contribution is -2.51. The Balaban J connectivity index is 1.42. The molecule has 0 radical (unpaired) electrons. The van der Waals surface area contributed by atoms with Gasteiger partial charge in [0.05, 0.1) is 11.6 Å². The van der Waals surface area contributed by atoms with E-state index in [4.69, 9.17) is 4.42 Å². The Bertz CT molecular complexity index is 1240. The number of carbonyl (C=O) groups is 1. The lowest BCUT2D eigenvalue weighted by atomic mass is 9.89. The standard InChI is InChI=1S/C26H27N5O2/c1-17-10-11-19(24-27-12-6-13-28-24)20(15-17)25(32)31-14-5-7-18(2)22(31)16-29-26-30-21-8-3-4-9-23(21)33-26/h3-4,6,8-13,15,18,22H,5,7,14,16H2,1-2H3,(H,29,30). The molecular formula is C26H27N5O2. The number of nitrogens with zero attached hydrogens (tertiary/aromatic N) is 4. The smallest absolute Gasteiger partial charge is 0.295 e. The Hall–Kier alpha value is -3.74. The van der Waals surface area contributed by atoms with E-state index in [9.17, 15) is 4.79 Å². The molecule has 2 aromatic carbocycles. The van der Waals surface area contributed by atoms with Crippen LogP contribution in [-0.2, 0) is 0 Å². The number of likely N-dealkylation sites (tertiary alicyclic amines) is 1. The minimum atomic E-state index is 0.0112. The summed E-state index contributed by atoms with van der Waals surface area (Å²) in [4.78, 5) is 29.1. The molecule has 0 saturated carbocycles. The molecule has 2 aromatic heterocycles. The molecule has 7 heteroatoms. The third kappa shape index (κ3) is 4.31. The number of carbonyl (C=O) groups excluding carboxylic acids is 1. The molecule has 4 aromatic rings. The quantitative estimate of drug-likeness (QED) is 0.472. The predicted molar refractivity (Wildman–Crippen MR) is 128 cm³/mol. The van der Waals surface area contributed by atoms with Gasteiger partial charge in [0.15, 0.2) is 11.4 Å². The summed E-state index contributed by atoms with van der Waals surface area (Å²) in [5, 5.41) is 3.33. The number of nitrogens with one attached hydrogen (secondary N) is 1. The van der Waals surface area contributed by atoms with Crippen molar-refractivity contribution in [3.8, 4) is 11.4 Å². The van der Waals surface area contributed by atoms with Crippen LogP contribution in [-0.4, -0.2) is 44.9 Å². The number of rotatable bonds is 5. The van der Waals surface area contributed by atoms with Gasteiger partial charge in [-0.05, 0) is 49.9 Å². The van der Waals surface area contributed by atoms with Gasteiger partial charge in [-0.25, -0.2) is 9.97 Å². The maximum Gasteiger partial charge on any atom is 0.295 e. The number of fused-ring (bicyclic) bond motifs is 1. The highest BCUT2D eigenvalue weighted by Crippen LogP contribution is 2.29. The van der Waals surface area contributed by atoms with Crippen molar-refractivity contribution in [1.82, 2.24) is 19.9 Å². The van der Waals surface area contributed by atoms with Crippen LogP contribution in [0.3, 0.4) is 0 Å². The fraction of sp³-hybridized carbons (Fsp3) is 0.308. The SMILES string of the molecule is Cc1ccc(-c2ncccn2)c(C(=O)N2CCCC(C)C2CNc2nc3ccccc3o2)c1. The molecule has 1 amide bonds. The number of piperidine rings is 1. The van der Waals surface area contributed by atoms with Gasteiger partial charge in [0.2, 0.25) is 0 Å². The van der Waals surface area contributed by atoms with Crippen LogP contribution in [0.1, 0.15) is 35.7 Å². The fourth-order valence-electron chi connectivity index (χ4n) is 4.58. The molecule has 1 aliphatic rings. The summed E-state index contributed by atoms with van der Waals surface area (Å²) >= 11 is 0. The van der Waals surface area contributed by atoms with Crippen molar-refractivity contribution >= 4 is 23.0 Å². The van der Waals surface area contributed by atoms with E-state index < -0.39 is 0 Å². The lowest BCUT2D eigenvalue weighted by Gasteiger charge is -2.40. The highest BCUT2D eigenvalue weighted by molar-refractivity contribution is 6.00. The van der Waals surface area contributed by atoms with Crippen LogP contribution in [0.4, 0.5) is 6.01 Å². The molecule has 0 spiro atoms. The van der Waals surface area contributed by atoms with Crippen LogP contribution in [0.5, 0.6) is 0 Å². The molecule has 0 aliphatic carbocycles. The number of hydrogen-bond donors (Lipinski definition) is 1. The fourth-order valence-corrected chi connectivity index (χ4v) is 4.58. The first-order valence-electron chi connectivity index (χ1n) is 11.4. The van der Waals surface area contributed by atoms with Crippen molar-refractivity contribution in [2.24, 2.45) is 5.92 Å². The molecule has 1 fully saturated rings. The van der Waals surface area contributed by atoms with E-state index in [0.29, 0.717) is 36.4 Å². The summed E-state index contributed by atoms with van der Waals surface area (Å²) in [6, 6.07) is 15.8. The van der Waals surface area contributed by atoms with Gasteiger partial charge in [-0.15, -0.1) is 0 Å². The average molecular weight is 442 g/mol. The summed E-state index contributed by atoms with van der Waals surface area (Å²) in [6.45, 7) is 5.49. The minimum absolute atomic E-state index is 0.0112. The average Bonchev–Trinajstić information content (AvgIpc) is 3.26. The zero-order chi connectivity index (χ0) is 22.8. The van der Waals surface area contributed by atoms with Gasteiger partial charge in [-0.2, -0.15) is 4.98 Å². The zero-order valence-corrected chi connectivity index (χ0v) is 18.9. The second-order valence-electron chi connectivity index (χ2n) is 8.67. The van der Waals surface area contributed by atoms with Crippen LogP contribution in [0.25, 0.3) is 22.5 Å². The molecule has 2 unspecified atom stereocenters. The monoisotopic (exact) mass is 441 g/mol. The topological polar surface area (TPSA) is 84.2 Å². The Labute approximate surface area is 192 Å². The van der Waals surface area contributed by atoms with Crippen LogP contribution in [0.15, 0.2) is 65.3 Å². The second kappa shape index (κ2) is 9.02. The first-order chi connectivity index (χ1) is 16.1. The van der Waals surface area contributed by atoms with Crippen molar-refractivity contribution in [2.75, 3.05) is 18.4 Å². The summed E-state index contributed by atoms with van der Waals surface area (Å²) in [6.07, 6.45) is 5.46. The number of aromatic nitrogens is 3. The first-order valence-corrected chi connectivity index (χ1v) is 11.4. The second-order valence-corrected chi connectivity index (χ2v) is 8.67. The number of anilines is 1. The van der Waals surface area contributed by atoms with Crippen molar-refractivity contribution in [3.05, 3.63) is 72.1 Å². The first kappa shape index (κ1) is 21.1. The number of amides is 1. The molecule has 1 aliphatic heterocycles. The Kier molecular flexibility index (Phi) is 5.77. The van der Waals surface area contributed by atoms with Crippen molar-refractivity contribution < 1.29 is 9.21 Å². The van der Waals surface area contributed by atoms with E-state index in [1.165, 1.54) is 0 Å². The Morgan fingerprint density at radius 2 is 1.97 bits per heavy atom. The van der Waals surface area contributed by atoms with Gasteiger partial charge >= 0.3 is 0 Å². The van der Waals surface area contributed by atoms with E-state index in [0.717, 1.165) is 35.1 Å². The summed E-state index contributed by atoms with van der Waals surface area (Å²) in [5.41, 5.74) is 4.00. The van der Waals surface area contributed by atoms with Crippen molar-refractivity contribution in [1.29, 1.82) is 0 Å². The van der Waals surface area contributed by atoms with E-state index >= 15 is 0 Å². The predicted octanol–water partition coefficient (Wildman–Crippen LogP) is 4.95. The zero-order valence-electron chi connectivity index (χ0n) is 18.9. The Morgan fingerprint density at radius 1 is 1.15 bits per heavy atom. The van der Waals surface area contributed by atoms with E-state index in [1.807, 2.05) is 54.3 Å². The lowest BCUT2D eigenvalue weighted by molar-refractivity contribution is 0.0540. The number of para-hydroxylation sites is 2. The number of hydrogen-bond acceptors (Lipinski definition) is 6. The highest BCUT2D eigenvalue weighted by atomic mass is 16.4. The summed E-state index contributed by atoms with van der Waals surface area (Å²) in [7, 11) is 0. The third-order valence-electron chi connectivity index (χ3n) is 6.34. The van der Waals surface area contributed by atoms with Gasteiger partial charge < -0.3 is 14.6 Å².